The fraction of sp³-hybridized carbons (Fsp3) is 0.943. The monoisotopic (exact) mass is 835 g/mol. The van der Waals surface area contributed by atoms with Crippen LogP contribution in [0.5, 0.6) is 0 Å². The molecule has 0 heterocycles. The van der Waals surface area contributed by atoms with Crippen LogP contribution in [0.25, 0.3) is 0 Å². The fourth-order valence-electron chi connectivity index (χ4n) is 8.01. The molecule has 0 fully saturated rings. The lowest BCUT2D eigenvalue weighted by molar-refractivity contribution is -0.167. The van der Waals surface area contributed by atoms with Crippen molar-refractivity contribution < 1.29 is 28.6 Å². The van der Waals surface area contributed by atoms with Crippen molar-refractivity contribution >= 4 is 17.9 Å². The minimum Gasteiger partial charge on any atom is -0.462 e. The maximum Gasteiger partial charge on any atom is 0.306 e. The zero-order valence-corrected chi connectivity index (χ0v) is 40.2. The normalized spacial score (nSPS) is 12.4. The van der Waals surface area contributed by atoms with E-state index in [1.54, 1.807) is 0 Å². The third-order valence-corrected chi connectivity index (χ3v) is 12.4. The first kappa shape index (κ1) is 57.4. The topological polar surface area (TPSA) is 78.9 Å². The van der Waals surface area contributed by atoms with Crippen LogP contribution in [0, 0.1) is 5.92 Å². The van der Waals surface area contributed by atoms with Gasteiger partial charge in [-0.1, -0.05) is 259 Å². The molecule has 59 heavy (non-hydrogen) atoms. The van der Waals surface area contributed by atoms with Crippen LogP contribution in [-0.2, 0) is 28.6 Å². The summed E-state index contributed by atoms with van der Waals surface area (Å²) in [6.45, 7) is 9.03. The standard InChI is InChI=1S/C53H102O6/c1-5-8-10-12-14-16-18-19-20-21-22-23-24-26-27-32-36-40-44-51(54)57-47-50(59-53(56)46-42-38-34-28-25-17-15-13-11-9-6-2)48-58-52(55)45-41-37-33-30-29-31-35-39-43-49(4)7-3/h49-50H,5-48H2,1-4H3/t49?,50-/m0/s1. The minimum absolute atomic E-state index is 0.0630. The Bertz CT molecular complexity index is 889. The summed E-state index contributed by atoms with van der Waals surface area (Å²) in [6.07, 6.45) is 49.4. The van der Waals surface area contributed by atoms with Gasteiger partial charge in [-0.15, -0.1) is 0 Å². The molecule has 0 amide bonds. The third kappa shape index (κ3) is 45.8. The van der Waals surface area contributed by atoms with Crippen molar-refractivity contribution in [2.75, 3.05) is 13.2 Å². The highest BCUT2D eigenvalue weighted by Crippen LogP contribution is 2.18. The van der Waals surface area contributed by atoms with E-state index in [1.165, 1.54) is 193 Å². The molecule has 6 heteroatoms. The molecule has 0 aromatic heterocycles. The molecule has 0 aliphatic rings. The zero-order chi connectivity index (χ0) is 43.1. The van der Waals surface area contributed by atoms with Crippen LogP contribution in [0.15, 0.2) is 0 Å². The Morgan fingerprint density at radius 1 is 0.339 bits per heavy atom. The number of carbonyl (C=O) groups excluding carboxylic acids is 3. The summed E-state index contributed by atoms with van der Waals surface area (Å²) in [5.74, 6) is 0.00209. The van der Waals surface area contributed by atoms with Gasteiger partial charge in [-0.25, -0.2) is 0 Å². The Morgan fingerprint density at radius 3 is 0.881 bits per heavy atom. The summed E-state index contributed by atoms with van der Waals surface area (Å²) in [5, 5.41) is 0. The largest absolute Gasteiger partial charge is 0.462 e. The highest BCUT2D eigenvalue weighted by molar-refractivity contribution is 5.71. The molecular weight excluding hydrogens is 733 g/mol. The summed E-state index contributed by atoms with van der Waals surface area (Å²) in [6, 6.07) is 0. The van der Waals surface area contributed by atoms with E-state index in [0.717, 1.165) is 63.7 Å². The molecule has 0 bridgehead atoms. The molecule has 0 aliphatic carbocycles. The van der Waals surface area contributed by atoms with Crippen molar-refractivity contribution in [2.24, 2.45) is 5.92 Å². The van der Waals surface area contributed by atoms with Gasteiger partial charge in [0.25, 0.3) is 0 Å². The summed E-state index contributed by atoms with van der Waals surface area (Å²) >= 11 is 0. The van der Waals surface area contributed by atoms with Gasteiger partial charge in [-0.2, -0.15) is 0 Å². The van der Waals surface area contributed by atoms with Gasteiger partial charge in [0.1, 0.15) is 13.2 Å². The van der Waals surface area contributed by atoms with Crippen LogP contribution < -0.4 is 0 Å². The van der Waals surface area contributed by atoms with Gasteiger partial charge in [0.15, 0.2) is 6.10 Å². The lowest BCUT2D eigenvalue weighted by atomic mass is 9.99. The maximum absolute atomic E-state index is 12.8. The number of carbonyl (C=O) groups is 3. The van der Waals surface area contributed by atoms with Crippen LogP contribution in [0.1, 0.15) is 297 Å². The van der Waals surface area contributed by atoms with E-state index in [4.69, 9.17) is 14.2 Å². The molecule has 2 atom stereocenters. The Hall–Kier alpha value is -1.59. The van der Waals surface area contributed by atoms with E-state index in [0.29, 0.717) is 19.3 Å². The second-order valence-electron chi connectivity index (χ2n) is 18.4. The van der Waals surface area contributed by atoms with Crippen molar-refractivity contribution in [3.05, 3.63) is 0 Å². The fourth-order valence-corrected chi connectivity index (χ4v) is 8.01. The Balaban J connectivity index is 4.25. The number of unbranched alkanes of at least 4 members (excludes halogenated alkanes) is 34. The first-order valence-corrected chi connectivity index (χ1v) is 26.4. The van der Waals surface area contributed by atoms with Crippen molar-refractivity contribution in [1.29, 1.82) is 0 Å². The Labute approximate surface area is 368 Å². The highest BCUT2D eigenvalue weighted by atomic mass is 16.6. The summed E-state index contributed by atoms with van der Waals surface area (Å²) in [5.41, 5.74) is 0. The molecule has 0 aliphatic heterocycles. The molecule has 0 aromatic rings. The van der Waals surface area contributed by atoms with E-state index < -0.39 is 6.10 Å². The maximum atomic E-state index is 12.8. The molecular formula is C53H102O6. The van der Waals surface area contributed by atoms with Crippen molar-refractivity contribution in [3.63, 3.8) is 0 Å². The predicted molar refractivity (Wildman–Crippen MR) is 252 cm³/mol. The van der Waals surface area contributed by atoms with Crippen LogP contribution >= 0.6 is 0 Å². The second-order valence-corrected chi connectivity index (χ2v) is 18.4. The number of rotatable bonds is 48. The smallest absolute Gasteiger partial charge is 0.306 e. The molecule has 6 nitrogen and oxygen atoms in total. The van der Waals surface area contributed by atoms with E-state index >= 15 is 0 Å². The molecule has 0 saturated heterocycles. The van der Waals surface area contributed by atoms with Gasteiger partial charge in [-0.05, 0) is 25.2 Å². The van der Waals surface area contributed by atoms with Crippen molar-refractivity contribution in [1.82, 2.24) is 0 Å². The van der Waals surface area contributed by atoms with Crippen LogP contribution in [0.3, 0.4) is 0 Å². The molecule has 0 spiro atoms. The van der Waals surface area contributed by atoms with Crippen molar-refractivity contribution in [3.8, 4) is 0 Å². The lowest BCUT2D eigenvalue weighted by Crippen LogP contribution is -2.30. The first-order chi connectivity index (χ1) is 28.9. The van der Waals surface area contributed by atoms with Gasteiger partial charge in [0.2, 0.25) is 0 Å². The third-order valence-electron chi connectivity index (χ3n) is 12.4. The Kier molecular flexibility index (Phi) is 46.2. The van der Waals surface area contributed by atoms with Crippen LogP contribution in [0.2, 0.25) is 0 Å². The van der Waals surface area contributed by atoms with Crippen LogP contribution in [0.4, 0.5) is 0 Å². The molecule has 0 rings (SSSR count). The summed E-state index contributed by atoms with van der Waals surface area (Å²) in [7, 11) is 0. The van der Waals surface area contributed by atoms with Crippen LogP contribution in [-0.4, -0.2) is 37.2 Å². The van der Waals surface area contributed by atoms with E-state index in [1.807, 2.05) is 0 Å². The van der Waals surface area contributed by atoms with Gasteiger partial charge in [0.05, 0.1) is 0 Å². The van der Waals surface area contributed by atoms with Crippen molar-refractivity contribution in [2.45, 2.75) is 303 Å². The Morgan fingerprint density at radius 2 is 0.593 bits per heavy atom. The number of ether oxygens (including phenoxy) is 3. The SMILES string of the molecule is CCCCCCCCCCCCCCCCCCCCC(=O)OC[C@@H](COC(=O)CCCCCCCCCCC(C)CC)OC(=O)CCCCCCCCCCCCC. The summed E-state index contributed by atoms with van der Waals surface area (Å²) in [4.78, 5) is 37.9. The van der Waals surface area contributed by atoms with Gasteiger partial charge < -0.3 is 14.2 Å². The molecule has 0 aromatic carbocycles. The number of hydrogen-bond donors (Lipinski definition) is 0. The van der Waals surface area contributed by atoms with Gasteiger partial charge in [-0.3, -0.25) is 14.4 Å². The number of esters is 3. The number of hydrogen-bond acceptors (Lipinski definition) is 6. The second kappa shape index (κ2) is 47.5. The molecule has 0 saturated carbocycles. The lowest BCUT2D eigenvalue weighted by Gasteiger charge is -2.18. The van der Waals surface area contributed by atoms with Gasteiger partial charge in [0, 0.05) is 19.3 Å². The zero-order valence-electron chi connectivity index (χ0n) is 40.2. The summed E-state index contributed by atoms with van der Waals surface area (Å²) < 4.78 is 16.8. The van der Waals surface area contributed by atoms with E-state index in [9.17, 15) is 14.4 Å². The first-order valence-electron chi connectivity index (χ1n) is 26.4. The quantitative estimate of drug-likeness (QED) is 0.0345. The highest BCUT2D eigenvalue weighted by Gasteiger charge is 2.19. The molecule has 0 radical (unpaired) electrons. The van der Waals surface area contributed by atoms with Gasteiger partial charge >= 0.3 is 17.9 Å². The van der Waals surface area contributed by atoms with E-state index in [2.05, 4.69) is 27.7 Å². The molecule has 1 unspecified atom stereocenters. The van der Waals surface area contributed by atoms with E-state index in [-0.39, 0.29) is 31.1 Å². The average Bonchev–Trinajstić information content (AvgIpc) is 3.23. The molecule has 0 N–H and O–H groups in total. The average molecular weight is 835 g/mol. The molecule has 350 valence electrons. The predicted octanol–water partition coefficient (Wildman–Crippen LogP) is 17.1. The minimum atomic E-state index is -0.760.